The smallest absolute Gasteiger partial charge is 0.138 e. The Kier molecular flexibility index (Phi) is 10.7. The number of hydrogen-bond acceptors (Lipinski definition) is 2. The van der Waals surface area contributed by atoms with Crippen molar-refractivity contribution >= 4 is 0 Å². The number of rotatable bonds is 10. The summed E-state index contributed by atoms with van der Waals surface area (Å²) >= 11 is 0. The molecular weight excluding hydrogens is 390 g/mol. The molecule has 0 amide bonds. The molecule has 0 saturated heterocycles. The summed E-state index contributed by atoms with van der Waals surface area (Å²) in [5.74, 6) is -0.249. The lowest BCUT2D eigenvalue weighted by Crippen LogP contribution is -2.38. The molecule has 0 aliphatic heterocycles. The molecule has 0 bridgehead atoms. The van der Waals surface area contributed by atoms with Crippen molar-refractivity contribution in [2.75, 3.05) is 13.1 Å². The van der Waals surface area contributed by atoms with Crippen LogP contribution < -0.4 is 0 Å². The summed E-state index contributed by atoms with van der Waals surface area (Å²) in [5, 5.41) is 7.32. The molecule has 31 heavy (non-hydrogen) atoms. The topological polar surface area (TPSA) is 27.0 Å². The molecule has 0 aromatic heterocycles. The van der Waals surface area contributed by atoms with Crippen LogP contribution in [0.2, 0.25) is 0 Å². The monoisotopic (exact) mass is 426 g/mol. The van der Waals surface area contributed by atoms with Gasteiger partial charge < -0.3 is 4.90 Å². The molecule has 4 atom stereocenters. The van der Waals surface area contributed by atoms with Crippen molar-refractivity contribution in [3.05, 3.63) is 71.3 Å². The number of hydrogen-bond donors (Lipinski definition) is 0. The highest BCUT2D eigenvalue weighted by molar-refractivity contribution is 5.29. The molecule has 168 valence electrons. The second kappa shape index (κ2) is 13.2. The van der Waals surface area contributed by atoms with Crippen LogP contribution in [0.5, 0.6) is 0 Å². The van der Waals surface area contributed by atoms with E-state index in [9.17, 15) is 8.78 Å². The van der Waals surface area contributed by atoms with Gasteiger partial charge in [0.15, 0.2) is 0 Å². The van der Waals surface area contributed by atoms with Crippen molar-refractivity contribution in [1.29, 1.82) is 5.26 Å². The molecular formula is C27H36F2N2. The maximum atomic E-state index is 13.6. The Morgan fingerprint density at radius 2 is 1.61 bits per heavy atom. The average Bonchev–Trinajstić information content (AvgIpc) is 2.80. The first-order valence-corrected chi connectivity index (χ1v) is 11.5. The quantitative estimate of drug-likeness (QED) is 0.425. The number of halogens is 2. The largest absolute Gasteiger partial charge is 0.300 e. The van der Waals surface area contributed by atoms with E-state index in [2.05, 4.69) is 61.2 Å². The van der Waals surface area contributed by atoms with E-state index in [0.29, 0.717) is 12.5 Å². The second-order valence-corrected chi connectivity index (χ2v) is 8.43. The molecule has 1 fully saturated rings. The van der Waals surface area contributed by atoms with Crippen molar-refractivity contribution in [1.82, 2.24) is 4.90 Å². The van der Waals surface area contributed by atoms with Crippen molar-refractivity contribution < 1.29 is 8.78 Å². The van der Waals surface area contributed by atoms with Crippen LogP contribution in [-0.4, -0.2) is 36.4 Å². The normalized spacial score (nSPS) is 20.9. The minimum absolute atomic E-state index is 0.249. The molecule has 4 heteroatoms. The average molecular weight is 427 g/mol. The second-order valence-electron chi connectivity index (χ2n) is 8.43. The molecule has 0 spiro atoms. The summed E-state index contributed by atoms with van der Waals surface area (Å²) in [6, 6.07) is 21.1. The van der Waals surface area contributed by atoms with Crippen LogP contribution in [0.1, 0.15) is 62.6 Å². The van der Waals surface area contributed by atoms with E-state index >= 15 is 0 Å². The minimum Gasteiger partial charge on any atom is -0.300 e. The van der Waals surface area contributed by atoms with Crippen LogP contribution in [0.25, 0.3) is 0 Å². The number of aryl methyl sites for hydroxylation is 1. The molecule has 0 N–H and O–H groups in total. The Hall–Kier alpha value is -2.25. The van der Waals surface area contributed by atoms with Gasteiger partial charge in [-0.15, -0.1) is 0 Å². The van der Waals surface area contributed by atoms with E-state index in [-0.39, 0.29) is 5.92 Å². The first-order chi connectivity index (χ1) is 15.0. The summed E-state index contributed by atoms with van der Waals surface area (Å²) < 4.78 is 26.7. The summed E-state index contributed by atoms with van der Waals surface area (Å²) in [5.41, 5.74) is 3.61. The summed E-state index contributed by atoms with van der Waals surface area (Å²) in [4.78, 5) is 2.59. The van der Waals surface area contributed by atoms with E-state index in [1.165, 1.54) is 18.1 Å². The van der Waals surface area contributed by atoms with Gasteiger partial charge in [-0.2, -0.15) is 5.26 Å². The van der Waals surface area contributed by atoms with Gasteiger partial charge in [0.25, 0.3) is 0 Å². The third kappa shape index (κ3) is 7.74. The van der Waals surface area contributed by atoms with E-state index in [1.807, 2.05) is 12.1 Å². The Balaban J connectivity index is 0.00000107. The molecule has 4 unspecified atom stereocenters. The molecule has 2 aromatic carbocycles. The molecule has 2 nitrogen and oxygen atoms in total. The Bertz CT molecular complexity index is 785. The number of benzene rings is 2. The van der Waals surface area contributed by atoms with E-state index in [4.69, 9.17) is 5.26 Å². The lowest BCUT2D eigenvalue weighted by molar-refractivity contribution is 0.0428. The third-order valence-corrected chi connectivity index (χ3v) is 6.13. The lowest BCUT2D eigenvalue weighted by Gasteiger charge is -2.34. The van der Waals surface area contributed by atoms with Crippen LogP contribution in [0, 0.1) is 11.3 Å². The van der Waals surface area contributed by atoms with Gasteiger partial charge in [-0.3, -0.25) is 0 Å². The highest BCUT2D eigenvalue weighted by Crippen LogP contribution is 2.41. The third-order valence-electron chi connectivity index (χ3n) is 6.13. The van der Waals surface area contributed by atoms with E-state index in [1.54, 1.807) is 6.07 Å². The van der Waals surface area contributed by atoms with E-state index in [0.717, 1.165) is 44.3 Å². The highest BCUT2D eigenvalue weighted by Gasteiger charge is 2.42. The van der Waals surface area contributed by atoms with Crippen LogP contribution in [0.4, 0.5) is 8.78 Å². The first-order valence-electron chi connectivity index (χ1n) is 11.5. The summed E-state index contributed by atoms with van der Waals surface area (Å²) in [6.45, 7) is 8.19. The van der Waals surface area contributed by atoms with Crippen LogP contribution in [-0.2, 0) is 12.8 Å². The van der Waals surface area contributed by atoms with Gasteiger partial charge in [0.1, 0.15) is 12.3 Å². The van der Waals surface area contributed by atoms with Crippen molar-refractivity contribution in [3.63, 3.8) is 0 Å². The predicted octanol–water partition coefficient (Wildman–Crippen LogP) is 6.66. The number of nitriles is 1. The van der Waals surface area contributed by atoms with Crippen LogP contribution >= 0.6 is 0 Å². The van der Waals surface area contributed by atoms with Gasteiger partial charge in [0.05, 0.1) is 6.07 Å². The van der Waals surface area contributed by atoms with Gasteiger partial charge in [0, 0.05) is 25.4 Å². The molecule has 1 aliphatic carbocycles. The van der Waals surface area contributed by atoms with Crippen molar-refractivity contribution in [2.45, 2.75) is 77.2 Å². The van der Waals surface area contributed by atoms with Crippen LogP contribution in [0.3, 0.4) is 0 Å². The van der Waals surface area contributed by atoms with Gasteiger partial charge in [-0.25, -0.2) is 8.78 Å². The molecule has 0 radical (unpaired) electrons. The molecule has 3 rings (SSSR count). The molecule has 0 heterocycles. The molecule has 1 saturated carbocycles. The Labute approximate surface area is 186 Å². The number of nitrogens with zero attached hydrogens (tertiary/aromatic N) is 2. The van der Waals surface area contributed by atoms with E-state index < -0.39 is 12.3 Å². The van der Waals surface area contributed by atoms with Crippen molar-refractivity contribution in [3.8, 4) is 6.07 Å². The molecule has 1 aliphatic rings. The Morgan fingerprint density at radius 1 is 1.00 bits per heavy atom. The fourth-order valence-electron chi connectivity index (χ4n) is 4.13. The summed E-state index contributed by atoms with van der Waals surface area (Å²) in [6.07, 6.45) is 2.10. The summed E-state index contributed by atoms with van der Waals surface area (Å²) in [7, 11) is 0. The fraction of sp³-hybridized carbons (Fsp3) is 0.519. The number of alkyl halides is 2. The Morgan fingerprint density at radius 3 is 2.16 bits per heavy atom. The van der Waals surface area contributed by atoms with Gasteiger partial charge in [0.2, 0.25) is 0 Å². The predicted molar refractivity (Wildman–Crippen MR) is 125 cm³/mol. The van der Waals surface area contributed by atoms with Crippen LogP contribution in [0.15, 0.2) is 54.6 Å². The van der Waals surface area contributed by atoms with Crippen molar-refractivity contribution in [2.24, 2.45) is 0 Å². The fourth-order valence-corrected chi connectivity index (χ4v) is 4.13. The SMILES string of the molecule is CC#N.CCCN(CCc1ccccc1)C(C)CCc1ccc(C2CC(F)C2F)cc1. The minimum atomic E-state index is -1.32. The zero-order valence-electron chi connectivity index (χ0n) is 19.1. The van der Waals surface area contributed by atoms with Gasteiger partial charge >= 0.3 is 0 Å². The van der Waals surface area contributed by atoms with Gasteiger partial charge in [-0.05, 0) is 62.3 Å². The first kappa shape index (κ1) is 25.0. The zero-order valence-corrected chi connectivity index (χ0v) is 19.1. The maximum absolute atomic E-state index is 13.6. The standard InChI is InChI=1S/C25H33F2N.C2H3N/c1-3-16-28(17-15-20-7-5-4-6-8-20)19(2)9-10-21-11-13-22(14-12-21)23-18-24(26)25(23)27;1-2-3/h4-8,11-14,19,23-25H,3,9-10,15-18H2,1-2H3;1H3. The zero-order chi connectivity index (χ0) is 22.6. The molecule has 2 aromatic rings. The highest BCUT2D eigenvalue weighted by atomic mass is 19.2. The lowest BCUT2D eigenvalue weighted by atomic mass is 9.76. The van der Waals surface area contributed by atoms with Gasteiger partial charge in [-0.1, -0.05) is 61.5 Å². The maximum Gasteiger partial charge on any atom is 0.138 e.